The van der Waals surface area contributed by atoms with Crippen molar-refractivity contribution in [3.05, 3.63) is 46.7 Å². The Morgan fingerprint density at radius 1 is 1.30 bits per heavy atom. The zero-order valence-electron chi connectivity index (χ0n) is 17.2. The van der Waals surface area contributed by atoms with Crippen molar-refractivity contribution in [2.75, 3.05) is 12.3 Å². The Kier molecular flexibility index (Phi) is 6.42. The highest BCUT2D eigenvalue weighted by atomic mass is 35.5. The molecule has 10 heteroatoms. The van der Waals surface area contributed by atoms with Crippen molar-refractivity contribution in [2.45, 2.75) is 33.1 Å². The lowest BCUT2D eigenvalue weighted by Gasteiger charge is -2.19. The van der Waals surface area contributed by atoms with Crippen LogP contribution in [0.5, 0.6) is 0 Å². The zero-order chi connectivity index (χ0) is 22.1. The average Bonchev–Trinajstić information content (AvgIpc) is 3.19. The maximum absolute atomic E-state index is 12.7. The second-order valence-corrected chi connectivity index (χ2v) is 9.62. The van der Waals surface area contributed by atoms with Crippen molar-refractivity contribution < 1.29 is 18.3 Å². The van der Waals surface area contributed by atoms with Crippen molar-refractivity contribution in [1.29, 1.82) is 0 Å². The maximum atomic E-state index is 12.7. The molecule has 2 aromatic heterocycles. The lowest BCUT2D eigenvalue weighted by molar-refractivity contribution is 0.172. The minimum atomic E-state index is -3.97. The summed E-state index contributed by atoms with van der Waals surface area (Å²) in [6.45, 7) is 3.66. The molecule has 1 N–H and O–H groups in total. The molecule has 0 fully saturated rings. The van der Waals surface area contributed by atoms with Crippen molar-refractivity contribution >= 4 is 38.6 Å². The number of hydrogen-bond donors (Lipinski definition) is 1. The number of aryl methyl sites for hydroxylation is 2. The highest BCUT2D eigenvalue weighted by molar-refractivity contribution is 7.89. The number of aromatic nitrogens is 3. The molecule has 3 rings (SSSR count). The van der Waals surface area contributed by atoms with Crippen LogP contribution in [0, 0.1) is 6.92 Å². The van der Waals surface area contributed by atoms with Gasteiger partial charge in [0.2, 0.25) is 10.0 Å². The van der Waals surface area contributed by atoms with E-state index in [1.54, 1.807) is 11.7 Å². The third-order valence-electron chi connectivity index (χ3n) is 5.07. The molecule has 3 aromatic rings. The van der Waals surface area contributed by atoms with Gasteiger partial charge in [-0.3, -0.25) is 4.68 Å². The Bertz CT molecular complexity index is 1180. The standard InChI is InChI=1S/C20H25ClN4O4S/c1-4-5-10-25(20(26)27)30(28,29)12-9-17-14(2)22-23(3)19(17)24-11-8-15-6-7-16(21)13-18(15)24/h6-8,11,13H,4-5,9-10,12H2,1-3H3,(H,26,27). The number of halogens is 1. The monoisotopic (exact) mass is 452 g/mol. The fourth-order valence-corrected chi connectivity index (χ4v) is 5.06. The van der Waals surface area contributed by atoms with Gasteiger partial charge in [-0.2, -0.15) is 5.10 Å². The average molecular weight is 453 g/mol. The molecule has 1 amide bonds. The quantitative estimate of drug-likeness (QED) is 0.557. The highest BCUT2D eigenvalue weighted by Crippen LogP contribution is 2.27. The van der Waals surface area contributed by atoms with E-state index < -0.39 is 16.1 Å². The molecule has 30 heavy (non-hydrogen) atoms. The number of benzene rings is 1. The van der Waals surface area contributed by atoms with E-state index in [-0.39, 0.29) is 18.7 Å². The lowest BCUT2D eigenvalue weighted by atomic mass is 10.2. The van der Waals surface area contributed by atoms with Gasteiger partial charge in [-0.25, -0.2) is 17.5 Å². The Balaban J connectivity index is 1.96. The summed E-state index contributed by atoms with van der Waals surface area (Å²) in [5.74, 6) is 0.415. The van der Waals surface area contributed by atoms with E-state index in [9.17, 15) is 18.3 Å². The van der Waals surface area contributed by atoms with Crippen molar-refractivity contribution in [3.8, 4) is 5.82 Å². The Morgan fingerprint density at radius 3 is 2.70 bits per heavy atom. The third kappa shape index (κ3) is 4.32. The number of hydrogen-bond acceptors (Lipinski definition) is 4. The smallest absolute Gasteiger partial charge is 0.421 e. The molecule has 1 aromatic carbocycles. The van der Waals surface area contributed by atoms with E-state index in [4.69, 9.17) is 11.6 Å². The maximum Gasteiger partial charge on any atom is 0.421 e. The Hall–Kier alpha value is -2.52. The number of amides is 1. The molecular formula is C20H25ClN4O4S. The second kappa shape index (κ2) is 8.69. The van der Waals surface area contributed by atoms with E-state index in [1.165, 1.54) is 0 Å². The van der Waals surface area contributed by atoms with Crippen LogP contribution in [0.3, 0.4) is 0 Å². The first-order valence-electron chi connectivity index (χ1n) is 9.68. The molecule has 0 unspecified atom stereocenters. The van der Waals surface area contributed by atoms with Gasteiger partial charge in [0, 0.05) is 35.8 Å². The third-order valence-corrected chi connectivity index (χ3v) is 7.04. The summed E-state index contributed by atoms with van der Waals surface area (Å²) in [5.41, 5.74) is 2.33. The molecular weight excluding hydrogens is 428 g/mol. The fourth-order valence-electron chi connectivity index (χ4n) is 3.57. The SMILES string of the molecule is CCCCN(C(=O)O)S(=O)(=O)CCc1c(C)nn(C)c1-n1ccc2ccc(Cl)cc21. The first-order chi connectivity index (χ1) is 14.2. The number of sulfonamides is 1. The summed E-state index contributed by atoms with van der Waals surface area (Å²) < 4.78 is 29.6. The van der Waals surface area contributed by atoms with Gasteiger partial charge in [0.05, 0.1) is 17.0 Å². The summed E-state index contributed by atoms with van der Waals surface area (Å²) in [6.07, 6.45) is 1.78. The summed E-state index contributed by atoms with van der Waals surface area (Å²) in [7, 11) is -2.17. The number of carboxylic acid groups (broad SMARTS) is 1. The number of carbonyl (C=O) groups is 1. The van der Waals surface area contributed by atoms with Crippen LogP contribution in [-0.2, 0) is 23.5 Å². The van der Waals surface area contributed by atoms with Crippen LogP contribution >= 0.6 is 11.6 Å². The molecule has 0 saturated carbocycles. The number of rotatable bonds is 8. The van der Waals surface area contributed by atoms with Crippen LogP contribution in [-0.4, -0.2) is 50.6 Å². The summed E-state index contributed by atoms with van der Waals surface area (Å²) in [5, 5.41) is 15.4. The van der Waals surface area contributed by atoms with E-state index in [0.717, 1.165) is 22.3 Å². The molecule has 0 aliphatic rings. The number of fused-ring (bicyclic) bond motifs is 1. The Morgan fingerprint density at radius 2 is 2.03 bits per heavy atom. The summed E-state index contributed by atoms with van der Waals surface area (Å²) in [4.78, 5) is 11.5. The van der Waals surface area contributed by atoms with Crippen LogP contribution in [0.2, 0.25) is 5.02 Å². The van der Waals surface area contributed by atoms with E-state index in [2.05, 4.69) is 5.10 Å². The van der Waals surface area contributed by atoms with E-state index in [0.29, 0.717) is 27.9 Å². The van der Waals surface area contributed by atoms with Crippen LogP contribution in [0.25, 0.3) is 16.7 Å². The fraction of sp³-hybridized carbons (Fsp3) is 0.400. The zero-order valence-corrected chi connectivity index (χ0v) is 18.7. The normalized spacial score (nSPS) is 11.9. The molecule has 0 aliphatic heterocycles. The van der Waals surface area contributed by atoms with Gasteiger partial charge in [-0.1, -0.05) is 31.0 Å². The lowest BCUT2D eigenvalue weighted by Crippen LogP contribution is -2.38. The predicted octanol–water partition coefficient (Wildman–Crippen LogP) is 3.98. The van der Waals surface area contributed by atoms with Gasteiger partial charge >= 0.3 is 6.09 Å². The van der Waals surface area contributed by atoms with Crippen molar-refractivity contribution in [3.63, 3.8) is 0 Å². The molecule has 0 radical (unpaired) electrons. The molecule has 0 spiro atoms. The second-order valence-electron chi connectivity index (χ2n) is 7.17. The van der Waals surface area contributed by atoms with Gasteiger partial charge in [0.15, 0.2) is 0 Å². The molecule has 0 atom stereocenters. The summed E-state index contributed by atoms with van der Waals surface area (Å²) >= 11 is 6.17. The number of unbranched alkanes of at least 4 members (excludes halogenated alkanes) is 1. The van der Waals surface area contributed by atoms with E-state index in [1.807, 2.05) is 48.9 Å². The van der Waals surface area contributed by atoms with Crippen molar-refractivity contribution in [1.82, 2.24) is 18.7 Å². The van der Waals surface area contributed by atoms with Gasteiger partial charge in [-0.15, -0.1) is 0 Å². The molecule has 2 heterocycles. The minimum Gasteiger partial charge on any atom is -0.464 e. The van der Waals surface area contributed by atoms with Crippen LogP contribution in [0.1, 0.15) is 31.0 Å². The van der Waals surface area contributed by atoms with Crippen LogP contribution in [0.4, 0.5) is 4.79 Å². The Labute approximate surface area is 180 Å². The van der Waals surface area contributed by atoms with Crippen LogP contribution < -0.4 is 0 Å². The number of nitrogens with zero attached hydrogens (tertiary/aromatic N) is 4. The van der Waals surface area contributed by atoms with Gasteiger partial charge in [0.1, 0.15) is 5.82 Å². The molecule has 0 saturated heterocycles. The van der Waals surface area contributed by atoms with Gasteiger partial charge < -0.3 is 9.67 Å². The van der Waals surface area contributed by atoms with E-state index >= 15 is 0 Å². The van der Waals surface area contributed by atoms with Crippen LogP contribution in [0.15, 0.2) is 30.5 Å². The topological polar surface area (TPSA) is 97.4 Å². The predicted molar refractivity (Wildman–Crippen MR) is 117 cm³/mol. The first-order valence-corrected chi connectivity index (χ1v) is 11.7. The molecule has 0 aliphatic carbocycles. The molecule has 162 valence electrons. The highest BCUT2D eigenvalue weighted by Gasteiger charge is 2.28. The van der Waals surface area contributed by atoms with Gasteiger partial charge in [-0.05, 0) is 38.0 Å². The molecule has 8 nitrogen and oxygen atoms in total. The largest absolute Gasteiger partial charge is 0.464 e. The minimum absolute atomic E-state index is 0.0339. The van der Waals surface area contributed by atoms with Gasteiger partial charge in [0.25, 0.3) is 0 Å². The summed E-state index contributed by atoms with van der Waals surface area (Å²) in [6, 6.07) is 7.52. The van der Waals surface area contributed by atoms with Crippen molar-refractivity contribution in [2.24, 2.45) is 7.05 Å². The molecule has 0 bridgehead atoms. The first kappa shape index (κ1) is 22.2.